The van der Waals surface area contributed by atoms with E-state index in [1.165, 1.54) is 11.0 Å². The summed E-state index contributed by atoms with van der Waals surface area (Å²) in [6.07, 6.45) is 1.49. The second-order valence-corrected chi connectivity index (χ2v) is 9.32. The summed E-state index contributed by atoms with van der Waals surface area (Å²) in [7, 11) is 0. The fraction of sp³-hybridized carbons (Fsp3) is 0. The Labute approximate surface area is 234 Å². The monoisotopic (exact) mass is 560 g/mol. The van der Waals surface area contributed by atoms with Crippen LogP contribution < -0.4 is 19.7 Å². The van der Waals surface area contributed by atoms with E-state index in [0.29, 0.717) is 44.3 Å². The van der Waals surface area contributed by atoms with Gasteiger partial charge in [0.05, 0.1) is 15.7 Å². The molecule has 0 spiro atoms. The van der Waals surface area contributed by atoms with Crippen LogP contribution in [0.3, 0.4) is 0 Å². The van der Waals surface area contributed by atoms with Crippen LogP contribution in [0, 0.1) is 0 Å². The number of para-hydroxylation sites is 1. The first-order chi connectivity index (χ1) is 18.4. The zero-order valence-corrected chi connectivity index (χ0v) is 21.9. The van der Waals surface area contributed by atoms with E-state index in [0.717, 1.165) is 0 Å². The fourth-order valence-corrected chi connectivity index (χ4v) is 4.26. The molecule has 0 aromatic heterocycles. The minimum Gasteiger partial charge on any atom is -0.457 e. The molecule has 0 bridgehead atoms. The van der Waals surface area contributed by atoms with E-state index in [1.807, 2.05) is 30.3 Å². The van der Waals surface area contributed by atoms with Crippen LogP contribution in [0.1, 0.15) is 5.56 Å². The van der Waals surface area contributed by atoms with E-state index in [9.17, 15) is 9.59 Å². The van der Waals surface area contributed by atoms with Gasteiger partial charge in [-0.05, 0) is 84.5 Å². The molecule has 38 heavy (non-hydrogen) atoms. The Bertz CT molecular complexity index is 1570. The highest BCUT2D eigenvalue weighted by Gasteiger charge is 2.34. The van der Waals surface area contributed by atoms with Gasteiger partial charge in [0.25, 0.3) is 11.8 Å². The zero-order valence-electron chi connectivity index (χ0n) is 19.6. The molecule has 1 heterocycles. The average molecular weight is 561 g/mol. The summed E-state index contributed by atoms with van der Waals surface area (Å²) in [4.78, 5) is 27.4. The molecule has 9 heteroatoms. The number of rotatable bonds is 6. The molecule has 0 unspecified atom stereocenters. The number of halogens is 2. The molecule has 0 saturated carbocycles. The molecule has 1 aliphatic heterocycles. The molecule has 4 aromatic rings. The van der Waals surface area contributed by atoms with Gasteiger partial charge in [0.1, 0.15) is 28.6 Å². The van der Waals surface area contributed by atoms with E-state index in [4.69, 9.17) is 44.9 Å². The first-order valence-corrected chi connectivity index (χ1v) is 12.5. The first kappa shape index (κ1) is 25.5. The summed E-state index contributed by atoms with van der Waals surface area (Å²) in [5, 5.41) is 3.36. The Morgan fingerprint density at radius 2 is 1.34 bits per heavy atom. The molecule has 188 valence electrons. The molecule has 1 aliphatic rings. The van der Waals surface area contributed by atoms with E-state index in [2.05, 4.69) is 5.32 Å². The van der Waals surface area contributed by atoms with E-state index in [-0.39, 0.29) is 10.7 Å². The zero-order chi connectivity index (χ0) is 26.6. The molecule has 1 fully saturated rings. The number of carbonyl (C=O) groups is 2. The van der Waals surface area contributed by atoms with Crippen LogP contribution >= 0.6 is 35.4 Å². The molecule has 0 radical (unpaired) electrons. The number of carbonyl (C=O) groups excluding carboxylic acids is 2. The molecular formula is C29H18Cl2N2O4S. The number of thiocarbonyl (C=S) groups is 1. The molecule has 6 nitrogen and oxygen atoms in total. The van der Waals surface area contributed by atoms with Gasteiger partial charge < -0.3 is 9.47 Å². The van der Waals surface area contributed by atoms with Gasteiger partial charge in [0, 0.05) is 6.07 Å². The van der Waals surface area contributed by atoms with Crippen molar-refractivity contribution in [3.63, 3.8) is 0 Å². The quantitative estimate of drug-likeness (QED) is 0.151. The summed E-state index contributed by atoms with van der Waals surface area (Å²) < 4.78 is 11.7. The van der Waals surface area contributed by atoms with Crippen LogP contribution in [0.5, 0.6) is 23.0 Å². The molecular weight excluding hydrogens is 543 g/mol. The highest BCUT2D eigenvalue weighted by Crippen LogP contribution is 2.31. The second-order valence-electron chi connectivity index (χ2n) is 8.12. The summed E-state index contributed by atoms with van der Waals surface area (Å²) in [6, 6.07) is 28.0. The average Bonchev–Trinajstić information content (AvgIpc) is 2.90. The van der Waals surface area contributed by atoms with Crippen LogP contribution in [-0.2, 0) is 9.59 Å². The van der Waals surface area contributed by atoms with E-state index in [1.54, 1.807) is 66.7 Å². The highest BCUT2D eigenvalue weighted by molar-refractivity contribution is 7.80. The van der Waals surface area contributed by atoms with Crippen LogP contribution in [0.25, 0.3) is 6.08 Å². The Hall–Kier alpha value is -4.17. The van der Waals surface area contributed by atoms with Gasteiger partial charge in [0.2, 0.25) is 0 Å². The van der Waals surface area contributed by atoms with E-state index < -0.39 is 11.8 Å². The van der Waals surface area contributed by atoms with Gasteiger partial charge >= 0.3 is 0 Å². The standard InChI is InChI=1S/C29H18Cl2N2O4S/c30-25-14-13-23(17-26(25)31)37-22-8-4-5-18(15-22)16-24-27(34)32-29(38)33(28(24)35)19-9-11-21(12-10-19)36-20-6-2-1-3-7-20/h1-17H,(H,32,34,38)/b24-16+. The van der Waals surface area contributed by atoms with Crippen LogP contribution in [0.15, 0.2) is 103 Å². The third kappa shape index (κ3) is 5.70. The van der Waals surface area contributed by atoms with E-state index >= 15 is 0 Å². The molecule has 1 saturated heterocycles. The van der Waals surface area contributed by atoms with Crippen molar-refractivity contribution in [1.29, 1.82) is 0 Å². The normalized spacial score (nSPS) is 14.4. The van der Waals surface area contributed by atoms with Crippen molar-refractivity contribution in [2.24, 2.45) is 0 Å². The molecule has 0 aliphatic carbocycles. The predicted octanol–water partition coefficient (Wildman–Crippen LogP) is 7.41. The smallest absolute Gasteiger partial charge is 0.270 e. The van der Waals surface area contributed by atoms with Gasteiger partial charge in [-0.25, -0.2) is 0 Å². The second kappa shape index (κ2) is 11.1. The van der Waals surface area contributed by atoms with Crippen molar-refractivity contribution in [1.82, 2.24) is 5.32 Å². The Kier molecular flexibility index (Phi) is 7.42. The van der Waals surface area contributed by atoms with Gasteiger partial charge in [0.15, 0.2) is 5.11 Å². The summed E-state index contributed by atoms with van der Waals surface area (Å²) in [5.41, 5.74) is 0.998. The van der Waals surface area contributed by atoms with Crippen LogP contribution in [0.4, 0.5) is 5.69 Å². The number of nitrogens with one attached hydrogen (secondary N) is 1. The predicted molar refractivity (Wildman–Crippen MR) is 152 cm³/mol. The lowest BCUT2D eigenvalue weighted by Gasteiger charge is -2.29. The van der Waals surface area contributed by atoms with Crippen molar-refractivity contribution in [3.8, 4) is 23.0 Å². The fourth-order valence-electron chi connectivity index (χ4n) is 3.69. The van der Waals surface area contributed by atoms with Gasteiger partial charge in [-0.1, -0.05) is 53.5 Å². The number of nitrogens with zero attached hydrogens (tertiary/aromatic N) is 1. The van der Waals surface area contributed by atoms with Crippen molar-refractivity contribution in [3.05, 3.63) is 118 Å². The minimum absolute atomic E-state index is 0.00872. The molecule has 1 N–H and O–H groups in total. The number of ether oxygens (including phenoxy) is 2. The summed E-state index contributed by atoms with van der Waals surface area (Å²) in [5.74, 6) is 1.12. The lowest BCUT2D eigenvalue weighted by molar-refractivity contribution is -0.122. The lowest BCUT2D eigenvalue weighted by atomic mass is 10.1. The summed E-state index contributed by atoms with van der Waals surface area (Å²) in [6.45, 7) is 0. The molecule has 0 atom stereocenters. The molecule has 4 aromatic carbocycles. The largest absolute Gasteiger partial charge is 0.457 e. The Morgan fingerprint density at radius 1 is 0.711 bits per heavy atom. The highest BCUT2D eigenvalue weighted by atomic mass is 35.5. The van der Waals surface area contributed by atoms with Crippen molar-refractivity contribution in [2.75, 3.05) is 4.90 Å². The molecule has 5 rings (SSSR count). The van der Waals surface area contributed by atoms with Gasteiger partial charge in [-0.3, -0.25) is 19.8 Å². The van der Waals surface area contributed by atoms with Crippen molar-refractivity contribution < 1.29 is 19.1 Å². The van der Waals surface area contributed by atoms with Gasteiger partial charge in [-0.2, -0.15) is 0 Å². The lowest BCUT2D eigenvalue weighted by Crippen LogP contribution is -2.54. The van der Waals surface area contributed by atoms with Crippen LogP contribution in [0.2, 0.25) is 10.0 Å². The Balaban J connectivity index is 1.37. The maximum absolute atomic E-state index is 13.4. The summed E-state index contributed by atoms with van der Waals surface area (Å²) >= 11 is 17.3. The molecule has 2 amide bonds. The number of hydrogen-bond acceptors (Lipinski definition) is 5. The third-order valence-electron chi connectivity index (χ3n) is 5.47. The van der Waals surface area contributed by atoms with Gasteiger partial charge in [-0.15, -0.1) is 0 Å². The van der Waals surface area contributed by atoms with Crippen molar-refractivity contribution >= 4 is 64.1 Å². The van der Waals surface area contributed by atoms with Crippen molar-refractivity contribution in [2.45, 2.75) is 0 Å². The number of hydrogen-bond donors (Lipinski definition) is 1. The maximum atomic E-state index is 13.4. The van der Waals surface area contributed by atoms with Crippen LogP contribution in [-0.4, -0.2) is 16.9 Å². The number of anilines is 1. The number of amides is 2. The minimum atomic E-state index is -0.587. The number of benzene rings is 4. The SMILES string of the molecule is O=C1NC(=S)N(c2ccc(Oc3ccccc3)cc2)C(=O)/C1=C/c1cccc(Oc2ccc(Cl)c(Cl)c2)c1. The third-order valence-corrected chi connectivity index (χ3v) is 6.50. The maximum Gasteiger partial charge on any atom is 0.270 e. The first-order valence-electron chi connectivity index (χ1n) is 11.3. The Morgan fingerprint density at radius 3 is 2.08 bits per heavy atom. The topological polar surface area (TPSA) is 67.9 Å².